The quantitative estimate of drug-likeness (QED) is 0.868. The highest BCUT2D eigenvalue weighted by Gasteiger charge is 2.29. The summed E-state index contributed by atoms with van der Waals surface area (Å²) in [5.74, 6) is -0.568. The van der Waals surface area contributed by atoms with Gasteiger partial charge in [0.15, 0.2) is 0 Å². The Kier molecular flexibility index (Phi) is 4.59. The highest BCUT2D eigenvalue weighted by molar-refractivity contribution is 9.10. The molecule has 1 fully saturated rings. The van der Waals surface area contributed by atoms with Gasteiger partial charge in [0.2, 0.25) is 5.91 Å². The second-order valence-corrected chi connectivity index (χ2v) is 6.17. The van der Waals surface area contributed by atoms with Gasteiger partial charge in [-0.25, -0.2) is 0 Å². The monoisotopic (exact) mass is 346 g/mol. The molecule has 0 saturated carbocycles. The van der Waals surface area contributed by atoms with Crippen LogP contribution in [0.15, 0.2) is 9.85 Å². The van der Waals surface area contributed by atoms with Crippen molar-refractivity contribution in [3.63, 3.8) is 0 Å². The molecule has 1 aromatic heterocycles. The van der Waals surface area contributed by atoms with E-state index in [4.69, 9.17) is 10.5 Å². The summed E-state index contributed by atoms with van der Waals surface area (Å²) in [4.78, 5) is 23.6. The van der Waals surface area contributed by atoms with Crippen molar-refractivity contribution in [3.05, 3.63) is 20.3 Å². The van der Waals surface area contributed by atoms with E-state index in [0.717, 1.165) is 16.5 Å². The molecule has 2 heterocycles. The first-order chi connectivity index (χ1) is 8.99. The van der Waals surface area contributed by atoms with Crippen molar-refractivity contribution in [2.24, 2.45) is 5.73 Å². The van der Waals surface area contributed by atoms with Crippen molar-refractivity contribution in [1.82, 2.24) is 5.32 Å². The Morgan fingerprint density at radius 3 is 2.84 bits per heavy atom. The van der Waals surface area contributed by atoms with E-state index in [-0.39, 0.29) is 12.0 Å². The third-order valence-corrected chi connectivity index (χ3v) is 5.40. The largest absolute Gasteiger partial charge is 0.367 e. The van der Waals surface area contributed by atoms with E-state index >= 15 is 0 Å². The Labute approximate surface area is 123 Å². The van der Waals surface area contributed by atoms with Crippen LogP contribution in [0.25, 0.3) is 0 Å². The summed E-state index contributed by atoms with van der Waals surface area (Å²) in [6.07, 6.45) is 0.704. The third-order valence-electron chi connectivity index (χ3n) is 3.02. The summed E-state index contributed by atoms with van der Waals surface area (Å²) in [5.41, 5.74) is 6.22. The van der Waals surface area contributed by atoms with Crippen LogP contribution in [0, 0.1) is 6.92 Å². The average molecular weight is 347 g/mol. The SMILES string of the molecule is Cc1csc(C(=O)NC[C@@H]2CC[C@@H](C(N)=O)O2)c1Br. The zero-order valence-electron chi connectivity index (χ0n) is 10.4. The highest BCUT2D eigenvalue weighted by atomic mass is 79.9. The minimum Gasteiger partial charge on any atom is -0.367 e. The molecule has 2 atom stereocenters. The number of thiophene rings is 1. The Morgan fingerprint density at radius 1 is 1.58 bits per heavy atom. The molecular weight excluding hydrogens is 332 g/mol. The lowest BCUT2D eigenvalue weighted by Gasteiger charge is -2.12. The molecule has 0 radical (unpaired) electrons. The molecule has 0 bridgehead atoms. The van der Waals surface area contributed by atoms with E-state index in [1.165, 1.54) is 11.3 Å². The van der Waals surface area contributed by atoms with E-state index in [0.29, 0.717) is 17.8 Å². The fourth-order valence-electron chi connectivity index (χ4n) is 1.94. The summed E-state index contributed by atoms with van der Waals surface area (Å²) in [6.45, 7) is 2.33. The molecule has 1 saturated heterocycles. The first kappa shape index (κ1) is 14.5. The van der Waals surface area contributed by atoms with Gasteiger partial charge in [-0.2, -0.15) is 0 Å². The highest BCUT2D eigenvalue weighted by Crippen LogP contribution is 2.27. The molecule has 0 aliphatic carbocycles. The molecule has 1 aliphatic heterocycles. The number of aryl methyl sites for hydroxylation is 1. The van der Waals surface area contributed by atoms with Crippen LogP contribution < -0.4 is 11.1 Å². The topological polar surface area (TPSA) is 81.4 Å². The van der Waals surface area contributed by atoms with Crippen LogP contribution in [-0.2, 0) is 9.53 Å². The van der Waals surface area contributed by atoms with Gasteiger partial charge < -0.3 is 15.8 Å². The van der Waals surface area contributed by atoms with Crippen molar-refractivity contribution >= 4 is 39.1 Å². The van der Waals surface area contributed by atoms with Crippen LogP contribution in [0.1, 0.15) is 28.1 Å². The van der Waals surface area contributed by atoms with Crippen molar-refractivity contribution in [2.45, 2.75) is 32.0 Å². The first-order valence-corrected chi connectivity index (χ1v) is 7.63. The fraction of sp³-hybridized carbons (Fsp3) is 0.500. The van der Waals surface area contributed by atoms with E-state index in [9.17, 15) is 9.59 Å². The summed E-state index contributed by atoms with van der Waals surface area (Å²) in [7, 11) is 0. The summed E-state index contributed by atoms with van der Waals surface area (Å²) in [6, 6.07) is 0. The number of rotatable bonds is 4. The number of primary amides is 1. The van der Waals surface area contributed by atoms with Crippen LogP contribution in [0.3, 0.4) is 0 Å². The van der Waals surface area contributed by atoms with E-state index < -0.39 is 12.0 Å². The average Bonchev–Trinajstić information content (AvgIpc) is 2.95. The van der Waals surface area contributed by atoms with Crippen LogP contribution in [0.2, 0.25) is 0 Å². The number of hydrogen-bond acceptors (Lipinski definition) is 4. The maximum atomic E-state index is 12.0. The third kappa shape index (κ3) is 3.34. The lowest BCUT2D eigenvalue weighted by Crippen LogP contribution is -2.34. The predicted octanol–water partition coefficient (Wildman–Crippen LogP) is 1.58. The molecule has 7 heteroatoms. The second kappa shape index (κ2) is 6.02. The van der Waals surface area contributed by atoms with Gasteiger partial charge in [-0.1, -0.05) is 0 Å². The van der Waals surface area contributed by atoms with Crippen molar-refractivity contribution in [2.75, 3.05) is 6.54 Å². The molecule has 19 heavy (non-hydrogen) atoms. The molecule has 5 nitrogen and oxygen atoms in total. The molecule has 1 aromatic rings. The van der Waals surface area contributed by atoms with E-state index in [1.807, 2.05) is 12.3 Å². The molecule has 104 valence electrons. The molecule has 0 aromatic carbocycles. The number of carbonyl (C=O) groups is 2. The molecule has 0 unspecified atom stereocenters. The molecule has 3 N–H and O–H groups in total. The van der Waals surface area contributed by atoms with Gasteiger partial charge in [0.05, 0.1) is 6.10 Å². The van der Waals surface area contributed by atoms with Crippen LogP contribution in [0.4, 0.5) is 0 Å². The van der Waals surface area contributed by atoms with E-state index in [2.05, 4.69) is 21.2 Å². The predicted molar refractivity (Wildman–Crippen MR) is 76.2 cm³/mol. The van der Waals surface area contributed by atoms with Crippen molar-refractivity contribution in [1.29, 1.82) is 0 Å². The Bertz CT molecular complexity index is 503. The molecule has 2 rings (SSSR count). The standard InChI is InChI=1S/C12H15BrN2O3S/c1-6-5-19-10(9(6)13)12(17)15-4-7-2-3-8(18-7)11(14)16/h5,7-8H,2-4H2,1H3,(H2,14,16)(H,15,17)/t7-,8-/m0/s1. The maximum Gasteiger partial charge on any atom is 0.262 e. The van der Waals surface area contributed by atoms with Gasteiger partial charge >= 0.3 is 0 Å². The smallest absolute Gasteiger partial charge is 0.262 e. The van der Waals surface area contributed by atoms with Gasteiger partial charge in [0.1, 0.15) is 11.0 Å². The Balaban J connectivity index is 1.85. The number of ether oxygens (including phenoxy) is 1. The maximum absolute atomic E-state index is 12.0. The Morgan fingerprint density at radius 2 is 2.32 bits per heavy atom. The van der Waals surface area contributed by atoms with Gasteiger partial charge in [0.25, 0.3) is 5.91 Å². The van der Waals surface area contributed by atoms with Crippen molar-refractivity contribution in [3.8, 4) is 0 Å². The van der Waals surface area contributed by atoms with Crippen LogP contribution in [-0.4, -0.2) is 30.6 Å². The first-order valence-electron chi connectivity index (χ1n) is 5.95. The number of nitrogens with one attached hydrogen (secondary N) is 1. The number of hydrogen-bond donors (Lipinski definition) is 2. The minimum absolute atomic E-state index is 0.129. The lowest BCUT2D eigenvalue weighted by atomic mass is 10.2. The lowest BCUT2D eigenvalue weighted by molar-refractivity contribution is -0.128. The van der Waals surface area contributed by atoms with Gasteiger partial charge in [-0.3, -0.25) is 9.59 Å². The Hall–Kier alpha value is -0.920. The number of carbonyl (C=O) groups excluding carboxylic acids is 2. The van der Waals surface area contributed by atoms with Crippen molar-refractivity contribution < 1.29 is 14.3 Å². The van der Waals surface area contributed by atoms with Crippen LogP contribution in [0.5, 0.6) is 0 Å². The second-order valence-electron chi connectivity index (χ2n) is 4.50. The minimum atomic E-state index is -0.516. The van der Waals surface area contributed by atoms with Gasteiger partial charge in [-0.15, -0.1) is 11.3 Å². The summed E-state index contributed by atoms with van der Waals surface area (Å²) in [5, 5.41) is 4.74. The number of halogens is 1. The normalized spacial score (nSPS) is 22.4. The zero-order chi connectivity index (χ0) is 14.0. The zero-order valence-corrected chi connectivity index (χ0v) is 12.8. The van der Waals surface area contributed by atoms with E-state index in [1.54, 1.807) is 0 Å². The van der Waals surface area contributed by atoms with Gasteiger partial charge in [-0.05, 0) is 46.6 Å². The molecule has 0 spiro atoms. The van der Waals surface area contributed by atoms with Gasteiger partial charge in [0, 0.05) is 11.0 Å². The number of amides is 2. The summed E-state index contributed by atoms with van der Waals surface area (Å²) < 4.78 is 6.28. The molecule has 1 aliphatic rings. The fourth-order valence-corrected chi connectivity index (χ4v) is 3.52. The molecule has 2 amide bonds. The van der Waals surface area contributed by atoms with Crippen LogP contribution >= 0.6 is 27.3 Å². The molecular formula is C12H15BrN2O3S. The number of nitrogens with two attached hydrogens (primary N) is 1. The summed E-state index contributed by atoms with van der Waals surface area (Å²) >= 11 is 4.79.